The molecule has 162 valence electrons. The predicted octanol–water partition coefficient (Wildman–Crippen LogP) is 4.55. The standard InChI is InChI=1S/C24H26ClN3O3/c1-2-26-24(31)21-10-9-20(18-13-19(25)23(30)14-22(18)29)28(21)17-7-5-16(6-8-17)15-27-11-3-4-12-27/h5-10,13-14,29-30H,2-4,11-12,15H2,1H3,(H,26,31). The van der Waals surface area contributed by atoms with Gasteiger partial charge in [-0.2, -0.15) is 0 Å². The van der Waals surface area contributed by atoms with Gasteiger partial charge in [0.15, 0.2) is 0 Å². The largest absolute Gasteiger partial charge is 0.507 e. The van der Waals surface area contributed by atoms with E-state index in [1.807, 2.05) is 19.1 Å². The van der Waals surface area contributed by atoms with Gasteiger partial charge in [-0.05, 0) is 68.8 Å². The fourth-order valence-electron chi connectivity index (χ4n) is 4.06. The molecule has 1 saturated heterocycles. The molecule has 6 nitrogen and oxygen atoms in total. The summed E-state index contributed by atoms with van der Waals surface area (Å²) in [5.41, 5.74) is 3.50. The number of hydrogen-bond donors (Lipinski definition) is 3. The van der Waals surface area contributed by atoms with Crippen molar-refractivity contribution in [1.82, 2.24) is 14.8 Å². The molecule has 3 N–H and O–H groups in total. The lowest BCUT2D eigenvalue weighted by Gasteiger charge is -2.17. The zero-order chi connectivity index (χ0) is 22.0. The van der Waals surface area contributed by atoms with Gasteiger partial charge >= 0.3 is 0 Å². The number of rotatable bonds is 6. The molecule has 1 aliphatic heterocycles. The highest BCUT2D eigenvalue weighted by Gasteiger charge is 2.20. The molecule has 0 unspecified atom stereocenters. The molecule has 0 atom stereocenters. The third-order valence-corrected chi connectivity index (χ3v) is 5.89. The topological polar surface area (TPSA) is 77.7 Å². The minimum Gasteiger partial charge on any atom is -0.507 e. The summed E-state index contributed by atoms with van der Waals surface area (Å²) in [6, 6.07) is 14.3. The lowest BCUT2D eigenvalue weighted by atomic mass is 10.1. The normalized spacial score (nSPS) is 14.1. The maximum atomic E-state index is 12.7. The molecule has 1 amide bonds. The molecule has 0 spiro atoms. The quantitative estimate of drug-likeness (QED) is 0.526. The Bertz CT molecular complexity index is 1090. The van der Waals surface area contributed by atoms with Crippen molar-refractivity contribution < 1.29 is 15.0 Å². The van der Waals surface area contributed by atoms with E-state index in [2.05, 4.69) is 22.3 Å². The van der Waals surface area contributed by atoms with E-state index in [-0.39, 0.29) is 22.4 Å². The van der Waals surface area contributed by atoms with Crippen LogP contribution in [0, 0.1) is 0 Å². The molecule has 0 aliphatic carbocycles. The molecular formula is C24H26ClN3O3. The van der Waals surface area contributed by atoms with Crippen LogP contribution in [0.25, 0.3) is 16.9 Å². The molecule has 3 aromatic rings. The van der Waals surface area contributed by atoms with Crippen molar-refractivity contribution >= 4 is 17.5 Å². The summed E-state index contributed by atoms with van der Waals surface area (Å²) in [7, 11) is 0. The number of benzene rings is 2. The van der Waals surface area contributed by atoms with E-state index in [1.165, 1.54) is 30.5 Å². The van der Waals surface area contributed by atoms with Crippen LogP contribution in [0.1, 0.15) is 35.8 Å². The van der Waals surface area contributed by atoms with Gasteiger partial charge in [0, 0.05) is 30.4 Å². The summed E-state index contributed by atoms with van der Waals surface area (Å²) in [6.45, 7) is 5.54. The summed E-state index contributed by atoms with van der Waals surface area (Å²) >= 11 is 6.10. The van der Waals surface area contributed by atoms with Crippen molar-refractivity contribution in [1.29, 1.82) is 0 Å². The molecule has 1 fully saturated rings. The summed E-state index contributed by atoms with van der Waals surface area (Å²) in [5, 5.41) is 23.2. The van der Waals surface area contributed by atoms with Crippen LogP contribution in [-0.2, 0) is 6.54 Å². The summed E-state index contributed by atoms with van der Waals surface area (Å²) in [5.74, 6) is -0.523. The minimum atomic E-state index is -0.209. The average Bonchev–Trinajstić information content (AvgIpc) is 3.41. The zero-order valence-corrected chi connectivity index (χ0v) is 18.2. The van der Waals surface area contributed by atoms with E-state index in [0.717, 1.165) is 25.3 Å². The van der Waals surface area contributed by atoms with Crippen molar-refractivity contribution in [3.8, 4) is 28.4 Å². The van der Waals surface area contributed by atoms with Gasteiger partial charge in [-0.25, -0.2) is 0 Å². The van der Waals surface area contributed by atoms with Crippen LogP contribution in [-0.4, -0.2) is 45.2 Å². The lowest BCUT2D eigenvalue weighted by Crippen LogP contribution is -2.25. The number of nitrogens with one attached hydrogen (secondary N) is 1. The second-order valence-electron chi connectivity index (χ2n) is 7.77. The first-order valence-corrected chi connectivity index (χ1v) is 10.9. The van der Waals surface area contributed by atoms with Gasteiger partial charge in [0.2, 0.25) is 0 Å². The van der Waals surface area contributed by atoms with Crippen LogP contribution >= 0.6 is 11.6 Å². The van der Waals surface area contributed by atoms with E-state index in [4.69, 9.17) is 11.6 Å². The Morgan fingerprint density at radius 1 is 1.03 bits per heavy atom. The first-order chi connectivity index (χ1) is 15.0. The number of hydrogen-bond acceptors (Lipinski definition) is 4. The maximum absolute atomic E-state index is 12.7. The highest BCUT2D eigenvalue weighted by Crippen LogP contribution is 2.39. The first-order valence-electron chi connectivity index (χ1n) is 10.5. The third kappa shape index (κ3) is 4.40. The number of carbonyl (C=O) groups is 1. The molecule has 1 aliphatic rings. The van der Waals surface area contributed by atoms with Crippen molar-refractivity contribution in [2.45, 2.75) is 26.3 Å². The van der Waals surface area contributed by atoms with Gasteiger partial charge in [0.1, 0.15) is 17.2 Å². The SMILES string of the molecule is CCNC(=O)c1ccc(-c2cc(Cl)c(O)cc2O)n1-c1ccc(CN2CCCC2)cc1. The Hall–Kier alpha value is -2.96. The van der Waals surface area contributed by atoms with Crippen LogP contribution < -0.4 is 5.32 Å². The Kier molecular flexibility index (Phi) is 6.20. The summed E-state index contributed by atoms with van der Waals surface area (Å²) in [6.07, 6.45) is 2.50. The average molecular weight is 440 g/mol. The van der Waals surface area contributed by atoms with Crippen LogP contribution in [0.4, 0.5) is 0 Å². The number of nitrogens with zero attached hydrogens (tertiary/aromatic N) is 2. The van der Waals surface area contributed by atoms with Gasteiger partial charge in [-0.3, -0.25) is 9.69 Å². The number of amides is 1. The number of likely N-dealkylation sites (tertiary alicyclic amines) is 1. The Labute approximate surface area is 186 Å². The van der Waals surface area contributed by atoms with E-state index in [9.17, 15) is 15.0 Å². The Balaban J connectivity index is 1.77. The first kappa shape index (κ1) is 21.3. The van der Waals surface area contributed by atoms with Crippen LogP contribution in [0.3, 0.4) is 0 Å². The monoisotopic (exact) mass is 439 g/mol. The third-order valence-electron chi connectivity index (χ3n) is 5.59. The fraction of sp³-hybridized carbons (Fsp3) is 0.292. The molecule has 0 saturated carbocycles. The van der Waals surface area contributed by atoms with E-state index in [1.54, 1.807) is 16.7 Å². The molecule has 0 radical (unpaired) electrons. The second kappa shape index (κ2) is 9.04. The van der Waals surface area contributed by atoms with E-state index < -0.39 is 0 Å². The molecule has 4 rings (SSSR count). The van der Waals surface area contributed by atoms with Crippen molar-refractivity contribution in [3.63, 3.8) is 0 Å². The van der Waals surface area contributed by atoms with Gasteiger partial charge < -0.3 is 20.1 Å². The number of aromatic nitrogens is 1. The number of phenols is 2. The number of aromatic hydroxyl groups is 2. The van der Waals surface area contributed by atoms with Crippen molar-refractivity contribution in [3.05, 3.63) is 64.8 Å². The van der Waals surface area contributed by atoms with Gasteiger partial charge in [-0.1, -0.05) is 23.7 Å². The molecule has 31 heavy (non-hydrogen) atoms. The fourth-order valence-corrected chi connectivity index (χ4v) is 4.22. The van der Waals surface area contributed by atoms with Crippen molar-refractivity contribution in [2.75, 3.05) is 19.6 Å². The minimum absolute atomic E-state index is 0.116. The maximum Gasteiger partial charge on any atom is 0.268 e. The molecular weight excluding hydrogens is 414 g/mol. The highest BCUT2D eigenvalue weighted by molar-refractivity contribution is 6.32. The number of halogens is 1. The van der Waals surface area contributed by atoms with Crippen molar-refractivity contribution in [2.24, 2.45) is 0 Å². The van der Waals surface area contributed by atoms with Gasteiger partial charge in [0.25, 0.3) is 5.91 Å². The molecule has 2 heterocycles. The zero-order valence-electron chi connectivity index (χ0n) is 17.4. The summed E-state index contributed by atoms with van der Waals surface area (Å²) < 4.78 is 1.80. The molecule has 0 bridgehead atoms. The Morgan fingerprint density at radius 2 is 1.74 bits per heavy atom. The van der Waals surface area contributed by atoms with Crippen LogP contribution in [0.2, 0.25) is 5.02 Å². The summed E-state index contributed by atoms with van der Waals surface area (Å²) in [4.78, 5) is 15.2. The van der Waals surface area contributed by atoms with Crippen LogP contribution in [0.15, 0.2) is 48.5 Å². The molecule has 1 aromatic heterocycles. The Morgan fingerprint density at radius 3 is 2.42 bits per heavy atom. The molecule has 7 heteroatoms. The lowest BCUT2D eigenvalue weighted by molar-refractivity contribution is 0.0949. The number of carbonyl (C=O) groups excluding carboxylic acids is 1. The highest BCUT2D eigenvalue weighted by atomic mass is 35.5. The van der Waals surface area contributed by atoms with Crippen LogP contribution in [0.5, 0.6) is 11.5 Å². The van der Waals surface area contributed by atoms with E-state index >= 15 is 0 Å². The predicted molar refractivity (Wildman–Crippen MR) is 122 cm³/mol. The van der Waals surface area contributed by atoms with E-state index in [0.29, 0.717) is 23.5 Å². The number of phenolic OH excluding ortho intramolecular Hbond substituents is 2. The van der Waals surface area contributed by atoms with Gasteiger partial charge in [-0.15, -0.1) is 0 Å². The molecule has 2 aromatic carbocycles. The smallest absolute Gasteiger partial charge is 0.268 e. The van der Waals surface area contributed by atoms with Gasteiger partial charge in [0.05, 0.1) is 10.7 Å². The second-order valence-corrected chi connectivity index (χ2v) is 8.18.